The zero-order valence-electron chi connectivity index (χ0n) is 14.7. The molecule has 26 heavy (non-hydrogen) atoms. The smallest absolute Gasteiger partial charge is 0.252 e. The Kier molecular flexibility index (Phi) is 5.22. The summed E-state index contributed by atoms with van der Waals surface area (Å²) in [4.78, 5) is 33.0. The summed E-state index contributed by atoms with van der Waals surface area (Å²) in [5.41, 5.74) is 3.74. The molecule has 0 aliphatic rings. The number of benzene rings is 1. The molecule has 132 valence electrons. The SMILES string of the molecule is Cc1cc(C(=O)NCCNC(=O)c2cccnc2)c2cccc(C)c2n1. The summed E-state index contributed by atoms with van der Waals surface area (Å²) < 4.78 is 0. The van der Waals surface area contributed by atoms with Gasteiger partial charge in [0.25, 0.3) is 11.8 Å². The van der Waals surface area contributed by atoms with Gasteiger partial charge >= 0.3 is 0 Å². The van der Waals surface area contributed by atoms with Gasteiger partial charge in [-0.15, -0.1) is 0 Å². The molecule has 0 radical (unpaired) electrons. The summed E-state index contributed by atoms with van der Waals surface area (Å²) >= 11 is 0. The number of fused-ring (bicyclic) bond motifs is 1. The van der Waals surface area contributed by atoms with E-state index < -0.39 is 0 Å². The van der Waals surface area contributed by atoms with Gasteiger partial charge in [0.1, 0.15) is 0 Å². The Balaban J connectivity index is 1.63. The van der Waals surface area contributed by atoms with E-state index in [-0.39, 0.29) is 11.8 Å². The van der Waals surface area contributed by atoms with Gasteiger partial charge in [0, 0.05) is 36.6 Å². The fourth-order valence-electron chi connectivity index (χ4n) is 2.75. The summed E-state index contributed by atoms with van der Waals surface area (Å²) in [5.74, 6) is -0.394. The Labute approximate surface area is 151 Å². The molecule has 0 fully saturated rings. The first-order valence-electron chi connectivity index (χ1n) is 8.39. The third-order valence-electron chi connectivity index (χ3n) is 4.03. The first-order valence-corrected chi connectivity index (χ1v) is 8.39. The minimum absolute atomic E-state index is 0.179. The highest BCUT2D eigenvalue weighted by Gasteiger charge is 2.13. The number of hydrogen-bond acceptors (Lipinski definition) is 4. The summed E-state index contributed by atoms with van der Waals surface area (Å²) in [5, 5.41) is 6.43. The predicted molar refractivity (Wildman–Crippen MR) is 100 cm³/mol. The number of aromatic nitrogens is 2. The van der Waals surface area contributed by atoms with Crippen molar-refractivity contribution in [3.05, 3.63) is 71.2 Å². The molecule has 2 heterocycles. The van der Waals surface area contributed by atoms with Gasteiger partial charge in [-0.2, -0.15) is 0 Å². The molecular formula is C20H20N4O2. The minimum atomic E-state index is -0.215. The highest BCUT2D eigenvalue weighted by molar-refractivity contribution is 6.06. The number of amides is 2. The number of rotatable bonds is 5. The molecule has 0 bridgehead atoms. The van der Waals surface area contributed by atoms with E-state index >= 15 is 0 Å². The third-order valence-corrected chi connectivity index (χ3v) is 4.03. The fourth-order valence-corrected chi connectivity index (χ4v) is 2.75. The minimum Gasteiger partial charge on any atom is -0.350 e. The van der Waals surface area contributed by atoms with Crippen molar-refractivity contribution in [2.45, 2.75) is 13.8 Å². The topological polar surface area (TPSA) is 84.0 Å². The van der Waals surface area contributed by atoms with Crippen LogP contribution < -0.4 is 10.6 Å². The van der Waals surface area contributed by atoms with Crippen LogP contribution in [0.15, 0.2) is 48.8 Å². The van der Waals surface area contributed by atoms with Gasteiger partial charge in [-0.05, 0) is 37.6 Å². The first kappa shape index (κ1) is 17.5. The molecule has 1 aromatic carbocycles. The van der Waals surface area contributed by atoms with E-state index in [0.29, 0.717) is 24.2 Å². The van der Waals surface area contributed by atoms with Crippen molar-refractivity contribution >= 4 is 22.7 Å². The molecule has 0 atom stereocenters. The fraction of sp³-hybridized carbons (Fsp3) is 0.200. The maximum atomic E-state index is 12.6. The van der Waals surface area contributed by atoms with Crippen LogP contribution >= 0.6 is 0 Å². The molecule has 2 aromatic heterocycles. The maximum Gasteiger partial charge on any atom is 0.252 e. The molecule has 2 amide bonds. The van der Waals surface area contributed by atoms with E-state index in [9.17, 15) is 9.59 Å². The van der Waals surface area contributed by atoms with Gasteiger partial charge in [-0.3, -0.25) is 19.6 Å². The normalized spacial score (nSPS) is 10.5. The van der Waals surface area contributed by atoms with Crippen LogP contribution in [0.5, 0.6) is 0 Å². The van der Waals surface area contributed by atoms with Crippen molar-refractivity contribution < 1.29 is 9.59 Å². The van der Waals surface area contributed by atoms with E-state index in [1.807, 2.05) is 32.0 Å². The van der Waals surface area contributed by atoms with Crippen LogP contribution in [0.3, 0.4) is 0 Å². The predicted octanol–water partition coefficient (Wildman–Crippen LogP) is 2.41. The second-order valence-electron chi connectivity index (χ2n) is 6.04. The van der Waals surface area contributed by atoms with Gasteiger partial charge in [0.15, 0.2) is 0 Å². The van der Waals surface area contributed by atoms with Crippen LogP contribution in [-0.4, -0.2) is 34.9 Å². The molecule has 3 aromatic rings. The van der Waals surface area contributed by atoms with Crippen molar-refractivity contribution in [1.82, 2.24) is 20.6 Å². The summed E-state index contributed by atoms with van der Waals surface area (Å²) in [7, 11) is 0. The van der Waals surface area contributed by atoms with Crippen LogP contribution in [-0.2, 0) is 0 Å². The molecule has 0 aliphatic heterocycles. The van der Waals surface area contributed by atoms with E-state index in [2.05, 4.69) is 20.6 Å². The Morgan fingerprint density at radius 2 is 1.77 bits per heavy atom. The van der Waals surface area contributed by atoms with Crippen LogP contribution in [0.25, 0.3) is 10.9 Å². The maximum absolute atomic E-state index is 12.6. The monoisotopic (exact) mass is 348 g/mol. The number of nitrogens with one attached hydrogen (secondary N) is 2. The second kappa shape index (κ2) is 7.74. The molecule has 0 aliphatic carbocycles. The Bertz CT molecular complexity index is 955. The molecule has 0 saturated heterocycles. The number of carbonyl (C=O) groups excluding carboxylic acids is 2. The molecule has 3 rings (SSSR count). The van der Waals surface area contributed by atoms with Gasteiger partial charge in [-0.25, -0.2) is 0 Å². The van der Waals surface area contributed by atoms with Gasteiger partial charge in [-0.1, -0.05) is 18.2 Å². The Morgan fingerprint density at radius 1 is 1.00 bits per heavy atom. The number of carbonyl (C=O) groups is 2. The van der Waals surface area contributed by atoms with Gasteiger partial charge < -0.3 is 10.6 Å². The van der Waals surface area contributed by atoms with Crippen molar-refractivity contribution in [2.24, 2.45) is 0 Å². The van der Waals surface area contributed by atoms with E-state index in [4.69, 9.17) is 0 Å². The van der Waals surface area contributed by atoms with Crippen LogP contribution in [0, 0.1) is 13.8 Å². The molecule has 6 nitrogen and oxygen atoms in total. The third kappa shape index (κ3) is 3.85. The first-order chi connectivity index (χ1) is 12.6. The molecule has 0 unspecified atom stereocenters. The van der Waals surface area contributed by atoms with Crippen molar-refractivity contribution in [3.8, 4) is 0 Å². The Hall–Kier alpha value is -3.28. The average Bonchev–Trinajstić information content (AvgIpc) is 2.65. The highest BCUT2D eigenvalue weighted by atomic mass is 16.2. The number of nitrogens with zero attached hydrogens (tertiary/aromatic N) is 2. The van der Waals surface area contributed by atoms with Crippen LogP contribution in [0.2, 0.25) is 0 Å². The number of hydrogen-bond donors (Lipinski definition) is 2. The van der Waals surface area contributed by atoms with Gasteiger partial charge in [0.05, 0.1) is 16.6 Å². The number of aryl methyl sites for hydroxylation is 2. The molecule has 0 saturated carbocycles. The largest absolute Gasteiger partial charge is 0.350 e. The zero-order valence-corrected chi connectivity index (χ0v) is 14.7. The molecule has 2 N–H and O–H groups in total. The van der Waals surface area contributed by atoms with Crippen molar-refractivity contribution in [2.75, 3.05) is 13.1 Å². The van der Waals surface area contributed by atoms with E-state index in [1.165, 1.54) is 6.20 Å². The quantitative estimate of drug-likeness (QED) is 0.694. The molecule has 6 heteroatoms. The summed E-state index contributed by atoms with van der Waals surface area (Å²) in [6.07, 6.45) is 3.11. The van der Waals surface area contributed by atoms with Crippen LogP contribution in [0.4, 0.5) is 0 Å². The zero-order chi connectivity index (χ0) is 18.5. The lowest BCUT2D eigenvalue weighted by molar-refractivity contribution is 0.0928. The van der Waals surface area contributed by atoms with E-state index in [0.717, 1.165) is 22.2 Å². The molecule has 0 spiro atoms. The molecular weight excluding hydrogens is 328 g/mol. The lowest BCUT2D eigenvalue weighted by Crippen LogP contribution is -2.34. The van der Waals surface area contributed by atoms with Crippen molar-refractivity contribution in [1.29, 1.82) is 0 Å². The van der Waals surface area contributed by atoms with E-state index in [1.54, 1.807) is 24.4 Å². The number of para-hydroxylation sites is 1. The Morgan fingerprint density at radius 3 is 2.50 bits per heavy atom. The second-order valence-corrected chi connectivity index (χ2v) is 6.04. The average molecular weight is 348 g/mol. The van der Waals surface area contributed by atoms with Crippen LogP contribution in [0.1, 0.15) is 32.0 Å². The van der Waals surface area contributed by atoms with Gasteiger partial charge in [0.2, 0.25) is 0 Å². The standard InChI is InChI=1S/C20H20N4O2/c1-13-5-3-7-16-17(11-14(2)24-18(13)16)20(26)23-10-9-22-19(25)15-6-4-8-21-12-15/h3-8,11-12H,9-10H2,1-2H3,(H,22,25)(H,23,26). The van der Waals surface area contributed by atoms with Crippen molar-refractivity contribution in [3.63, 3.8) is 0 Å². The summed E-state index contributed by atoms with van der Waals surface area (Å²) in [6, 6.07) is 11.0. The lowest BCUT2D eigenvalue weighted by atomic mass is 10.0. The highest BCUT2D eigenvalue weighted by Crippen LogP contribution is 2.21. The summed E-state index contributed by atoms with van der Waals surface area (Å²) in [6.45, 7) is 4.52. The number of pyridine rings is 2. The lowest BCUT2D eigenvalue weighted by Gasteiger charge is -2.11.